The van der Waals surface area contributed by atoms with Crippen molar-refractivity contribution in [1.82, 2.24) is 19.4 Å². The predicted molar refractivity (Wildman–Crippen MR) is 102 cm³/mol. The molecule has 0 saturated heterocycles. The number of aryl methyl sites for hydroxylation is 2. The molecule has 2 aromatic rings. The maximum absolute atomic E-state index is 12.8. The fourth-order valence-corrected chi connectivity index (χ4v) is 3.15. The first-order valence-corrected chi connectivity index (χ1v) is 8.87. The second-order valence-electron chi connectivity index (χ2n) is 6.68. The highest BCUT2D eigenvalue weighted by molar-refractivity contribution is 5.80. The van der Waals surface area contributed by atoms with Gasteiger partial charge in [-0.25, -0.2) is 4.98 Å². The second kappa shape index (κ2) is 8.21. The van der Waals surface area contributed by atoms with Crippen LogP contribution in [0.5, 0.6) is 0 Å². The number of likely N-dealkylation sites (N-methyl/N-ethyl adjacent to an activating group) is 2. The quantitative estimate of drug-likeness (QED) is 0.727. The molecule has 0 aliphatic rings. The lowest BCUT2D eigenvalue weighted by Gasteiger charge is -2.34. The van der Waals surface area contributed by atoms with E-state index in [2.05, 4.69) is 29.1 Å². The maximum atomic E-state index is 12.8. The second-order valence-corrected chi connectivity index (χ2v) is 6.68. The largest absolute Gasteiger partial charge is 0.338 e. The first-order chi connectivity index (χ1) is 11.9. The van der Waals surface area contributed by atoms with Gasteiger partial charge in [-0.05, 0) is 27.7 Å². The zero-order chi connectivity index (χ0) is 18.4. The van der Waals surface area contributed by atoms with E-state index in [1.165, 1.54) is 5.56 Å². The van der Waals surface area contributed by atoms with Crippen molar-refractivity contribution in [3.63, 3.8) is 0 Å². The molecular formula is C20H29N4O+. The number of amides is 1. The van der Waals surface area contributed by atoms with Crippen molar-refractivity contribution in [2.45, 2.75) is 34.2 Å². The molecule has 1 atom stereocenters. The van der Waals surface area contributed by atoms with Gasteiger partial charge in [0.15, 0.2) is 6.54 Å². The van der Waals surface area contributed by atoms with E-state index < -0.39 is 0 Å². The monoisotopic (exact) mass is 341 g/mol. The summed E-state index contributed by atoms with van der Waals surface area (Å²) < 4.78 is 0.434. The standard InChI is InChI=1S/C20H29N4O/c1-6-23(7-2)20(25)15-24(5,14-18-11-9-8-10-12-18)19-13-16(3)21-17(4)22-19/h8-13H,6-7,14-15H2,1-5H3/q+1/t24-/m1/s1. The number of aromatic nitrogens is 2. The molecule has 5 nitrogen and oxygen atoms in total. The Morgan fingerprint density at radius 1 is 1.08 bits per heavy atom. The molecule has 2 rings (SSSR count). The van der Waals surface area contributed by atoms with Gasteiger partial charge in [0.2, 0.25) is 5.82 Å². The summed E-state index contributed by atoms with van der Waals surface area (Å²) in [5.74, 6) is 1.77. The van der Waals surface area contributed by atoms with Crippen LogP contribution in [-0.2, 0) is 11.3 Å². The third kappa shape index (κ3) is 4.86. The lowest BCUT2D eigenvalue weighted by Crippen LogP contribution is -2.52. The highest BCUT2D eigenvalue weighted by atomic mass is 16.2. The predicted octanol–water partition coefficient (Wildman–Crippen LogP) is 3.10. The SMILES string of the molecule is CCN(CC)C(=O)C[N@@+](C)(Cc1ccccc1)c1cc(C)nc(C)n1. The van der Waals surface area contributed by atoms with Gasteiger partial charge in [0.25, 0.3) is 5.91 Å². The summed E-state index contributed by atoms with van der Waals surface area (Å²) in [4.78, 5) is 23.7. The van der Waals surface area contributed by atoms with Gasteiger partial charge in [-0.15, -0.1) is 0 Å². The zero-order valence-corrected chi connectivity index (χ0v) is 16.0. The van der Waals surface area contributed by atoms with Crippen LogP contribution in [0, 0.1) is 13.8 Å². The Kier molecular flexibility index (Phi) is 6.26. The number of carbonyl (C=O) groups is 1. The molecule has 1 aromatic carbocycles. The van der Waals surface area contributed by atoms with Gasteiger partial charge in [-0.1, -0.05) is 30.3 Å². The van der Waals surface area contributed by atoms with Gasteiger partial charge in [-0.3, -0.25) is 9.28 Å². The molecule has 0 radical (unpaired) electrons. The number of quaternary nitrogens is 1. The average Bonchev–Trinajstić information content (AvgIpc) is 2.56. The minimum atomic E-state index is 0.150. The number of hydrogen-bond acceptors (Lipinski definition) is 3. The molecular weight excluding hydrogens is 312 g/mol. The van der Waals surface area contributed by atoms with Gasteiger partial charge in [0.1, 0.15) is 12.4 Å². The Bertz CT molecular complexity index is 693. The summed E-state index contributed by atoms with van der Waals surface area (Å²) in [6, 6.07) is 12.3. The topological polar surface area (TPSA) is 46.1 Å². The lowest BCUT2D eigenvalue weighted by atomic mass is 10.1. The minimum Gasteiger partial charge on any atom is -0.338 e. The number of hydrogen-bond donors (Lipinski definition) is 0. The molecule has 1 heterocycles. The van der Waals surface area contributed by atoms with E-state index in [0.29, 0.717) is 17.6 Å². The van der Waals surface area contributed by atoms with Crippen LogP contribution >= 0.6 is 0 Å². The van der Waals surface area contributed by atoms with Gasteiger partial charge >= 0.3 is 0 Å². The molecule has 5 heteroatoms. The highest BCUT2D eigenvalue weighted by Crippen LogP contribution is 2.23. The van der Waals surface area contributed by atoms with Crippen LogP contribution in [0.2, 0.25) is 0 Å². The van der Waals surface area contributed by atoms with Crippen LogP contribution in [-0.4, -0.2) is 47.5 Å². The van der Waals surface area contributed by atoms with Crippen molar-refractivity contribution >= 4 is 11.7 Å². The van der Waals surface area contributed by atoms with E-state index in [1.54, 1.807) is 0 Å². The fourth-order valence-electron chi connectivity index (χ4n) is 3.15. The number of carbonyl (C=O) groups excluding carboxylic acids is 1. The molecule has 0 bridgehead atoms. The van der Waals surface area contributed by atoms with E-state index in [9.17, 15) is 4.79 Å². The number of rotatable bonds is 7. The molecule has 0 N–H and O–H groups in total. The highest BCUT2D eigenvalue weighted by Gasteiger charge is 2.32. The summed E-state index contributed by atoms with van der Waals surface area (Å²) in [7, 11) is 2.08. The Morgan fingerprint density at radius 3 is 2.28 bits per heavy atom. The van der Waals surface area contributed by atoms with E-state index in [1.807, 2.05) is 56.9 Å². The van der Waals surface area contributed by atoms with Crippen molar-refractivity contribution in [3.05, 3.63) is 53.5 Å². The van der Waals surface area contributed by atoms with Crippen molar-refractivity contribution in [1.29, 1.82) is 0 Å². The lowest BCUT2D eigenvalue weighted by molar-refractivity contribution is -0.131. The van der Waals surface area contributed by atoms with Crippen LogP contribution < -0.4 is 4.48 Å². The maximum Gasteiger partial charge on any atom is 0.278 e. The molecule has 0 fully saturated rings. The average molecular weight is 341 g/mol. The molecule has 1 aromatic heterocycles. The van der Waals surface area contributed by atoms with Crippen LogP contribution in [0.3, 0.4) is 0 Å². The summed E-state index contributed by atoms with van der Waals surface area (Å²) in [5.41, 5.74) is 2.11. The van der Waals surface area contributed by atoms with Gasteiger partial charge in [0.05, 0.1) is 7.05 Å². The van der Waals surface area contributed by atoms with E-state index in [0.717, 1.165) is 30.4 Å². The first kappa shape index (κ1) is 19.1. The first-order valence-electron chi connectivity index (χ1n) is 8.87. The molecule has 0 spiro atoms. The summed E-state index contributed by atoms with van der Waals surface area (Å²) >= 11 is 0. The van der Waals surface area contributed by atoms with Gasteiger partial charge in [0, 0.05) is 30.4 Å². The molecule has 0 unspecified atom stereocenters. The molecule has 1 amide bonds. The van der Waals surface area contributed by atoms with Gasteiger partial charge < -0.3 is 4.90 Å². The molecule has 0 aliphatic heterocycles. The Hall–Kier alpha value is -2.27. The van der Waals surface area contributed by atoms with Crippen molar-refractivity contribution in [2.75, 3.05) is 26.7 Å². The van der Waals surface area contributed by atoms with Crippen LogP contribution in [0.1, 0.15) is 30.9 Å². The van der Waals surface area contributed by atoms with Crippen molar-refractivity contribution in [3.8, 4) is 0 Å². The Balaban J connectivity index is 2.41. The van der Waals surface area contributed by atoms with E-state index >= 15 is 0 Å². The van der Waals surface area contributed by atoms with Crippen molar-refractivity contribution < 1.29 is 4.79 Å². The summed E-state index contributed by atoms with van der Waals surface area (Å²) in [5, 5.41) is 0. The fraction of sp³-hybridized carbons (Fsp3) is 0.450. The Labute approximate surface area is 150 Å². The van der Waals surface area contributed by atoms with Crippen molar-refractivity contribution in [2.24, 2.45) is 0 Å². The molecule has 134 valence electrons. The minimum absolute atomic E-state index is 0.150. The van der Waals surface area contributed by atoms with Crippen LogP contribution in [0.15, 0.2) is 36.4 Å². The van der Waals surface area contributed by atoms with Crippen LogP contribution in [0.25, 0.3) is 0 Å². The number of nitrogens with zero attached hydrogens (tertiary/aromatic N) is 4. The normalized spacial score (nSPS) is 13.3. The summed E-state index contributed by atoms with van der Waals surface area (Å²) in [6.45, 7) is 10.4. The van der Waals surface area contributed by atoms with E-state index in [-0.39, 0.29) is 5.91 Å². The van der Waals surface area contributed by atoms with Gasteiger partial charge in [-0.2, -0.15) is 4.98 Å². The Morgan fingerprint density at radius 2 is 1.72 bits per heavy atom. The number of benzene rings is 1. The molecule has 25 heavy (non-hydrogen) atoms. The molecule has 0 saturated carbocycles. The third-order valence-electron chi connectivity index (χ3n) is 4.48. The molecule has 0 aliphatic carbocycles. The van der Waals surface area contributed by atoms with E-state index in [4.69, 9.17) is 0 Å². The smallest absolute Gasteiger partial charge is 0.278 e. The zero-order valence-electron chi connectivity index (χ0n) is 16.0. The third-order valence-corrected chi connectivity index (χ3v) is 4.48. The van der Waals surface area contributed by atoms with Crippen LogP contribution in [0.4, 0.5) is 5.82 Å². The summed E-state index contributed by atoms with van der Waals surface area (Å²) in [6.07, 6.45) is 0.